The van der Waals surface area contributed by atoms with Gasteiger partial charge in [-0.1, -0.05) is 18.2 Å². The minimum absolute atomic E-state index is 0.111. The monoisotopic (exact) mass is 149 g/mol. The fourth-order valence-corrected chi connectivity index (χ4v) is 1.13. The minimum Gasteiger partial charge on any atom is -0.492 e. The van der Waals surface area contributed by atoms with Crippen LogP contribution in [-0.4, -0.2) is 15.0 Å². The second-order valence-electron chi connectivity index (χ2n) is 2.38. The van der Waals surface area contributed by atoms with Crippen molar-refractivity contribution in [3.05, 3.63) is 30.5 Å². The van der Waals surface area contributed by atoms with Crippen LogP contribution in [0.15, 0.2) is 30.5 Å². The summed E-state index contributed by atoms with van der Waals surface area (Å²) in [5.41, 5.74) is 0. The topological polar surface area (TPSA) is 45.4 Å². The molecular weight excluding hydrogens is 142 g/mol. The number of aromatic nitrogens is 1. The lowest BCUT2D eigenvalue weighted by atomic mass is 10.2. The summed E-state index contributed by atoms with van der Waals surface area (Å²) in [6, 6.07) is 7.23. The number of hydrogen-bond donors (Lipinski definition) is 2. The van der Waals surface area contributed by atoms with Crippen LogP contribution in [0.4, 0.5) is 0 Å². The summed E-state index contributed by atoms with van der Waals surface area (Å²) in [5.74, 6) is -0.111. The van der Waals surface area contributed by atoms with Crippen LogP contribution in [0.2, 0.25) is 0 Å². The zero-order valence-electron chi connectivity index (χ0n) is 5.73. The van der Waals surface area contributed by atoms with Crippen LogP contribution in [0.5, 0.6) is 5.88 Å². The fraction of sp³-hybridized carbons (Fsp3) is 0. The molecule has 2 rings (SSSR count). The predicted molar refractivity (Wildman–Crippen MR) is 40.8 cm³/mol. The second kappa shape index (κ2) is 1.92. The van der Waals surface area contributed by atoms with E-state index in [0.717, 1.165) is 5.39 Å². The molecule has 1 aromatic carbocycles. The van der Waals surface area contributed by atoms with Crippen LogP contribution in [0.3, 0.4) is 0 Å². The van der Waals surface area contributed by atoms with E-state index in [1.165, 1.54) is 6.20 Å². The number of rotatable bonds is 0. The first-order valence-corrected chi connectivity index (χ1v) is 3.27. The SMILES string of the molecule is Oc1c2ccccc2cn1O. The molecule has 0 aliphatic heterocycles. The quantitative estimate of drug-likeness (QED) is 0.558. The highest BCUT2D eigenvalue weighted by Crippen LogP contribution is 2.24. The Kier molecular flexibility index (Phi) is 1.06. The van der Waals surface area contributed by atoms with Crippen LogP contribution < -0.4 is 0 Å². The molecule has 1 heterocycles. The molecule has 0 unspecified atom stereocenters. The summed E-state index contributed by atoms with van der Waals surface area (Å²) < 4.78 is 0.713. The molecule has 1 aromatic heterocycles. The van der Waals surface area contributed by atoms with E-state index < -0.39 is 0 Å². The van der Waals surface area contributed by atoms with Crippen molar-refractivity contribution in [2.75, 3.05) is 0 Å². The third-order valence-corrected chi connectivity index (χ3v) is 1.68. The van der Waals surface area contributed by atoms with Crippen LogP contribution in [0.25, 0.3) is 10.8 Å². The van der Waals surface area contributed by atoms with Crippen molar-refractivity contribution in [2.45, 2.75) is 0 Å². The summed E-state index contributed by atoms with van der Waals surface area (Å²) >= 11 is 0. The van der Waals surface area contributed by atoms with Crippen molar-refractivity contribution in [3.8, 4) is 5.88 Å². The molecule has 3 nitrogen and oxygen atoms in total. The Hall–Kier alpha value is -1.64. The normalized spacial score (nSPS) is 10.5. The number of hydrogen-bond acceptors (Lipinski definition) is 2. The third kappa shape index (κ3) is 0.741. The summed E-state index contributed by atoms with van der Waals surface area (Å²) in [4.78, 5) is 0. The molecule has 0 saturated heterocycles. The Morgan fingerprint density at radius 1 is 1.18 bits per heavy atom. The first-order chi connectivity index (χ1) is 5.29. The molecule has 2 aromatic rings. The lowest BCUT2D eigenvalue weighted by Gasteiger charge is -1.90. The van der Waals surface area contributed by atoms with Crippen LogP contribution >= 0.6 is 0 Å². The van der Waals surface area contributed by atoms with Gasteiger partial charge in [-0.05, 0) is 6.07 Å². The molecule has 0 spiro atoms. The average Bonchev–Trinajstić information content (AvgIpc) is 2.30. The number of nitrogens with zero attached hydrogens (tertiary/aromatic N) is 1. The Bertz CT molecular complexity index is 392. The molecule has 0 bridgehead atoms. The summed E-state index contributed by atoms with van der Waals surface area (Å²) in [7, 11) is 0. The number of aromatic hydroxyl groups is 1. The first kappa shape index (κ1) is 6.09. The predicted octanol–water partition coefficient (Wildman–Crippen LogP) is 1.58. The molecule has 0 atom stereocenters. The van der Waals surface area contributed by atoms with Gasteiger partial charge in [0.05, 0.1) is 6.20 Å². The smallest absolute Gasteiger partial charge is 0.232 e. The molecule has 0 amide bonds. The molecule has 11 heavy (non-hydrogen) atoms. The Morgan fingerprint density at radius 2 is 1.91 bits per heavy atom. The van der Waals surface area contributed by atoms with E-state index in [0.29, 0.717) is 10.1 Å². The maximum Gasteiger partial charge on any atom is 0.232 e. The molecule has 2 N–H and O–H groups in total. The number of fused-ring (bicyclic) bond motifs is 1. The standard InChI is InChI=1S/C8H7NO2/c10-8-7-4-2-1-3-6(7)5-9(8)11/h1-5,10-11H. The van der Waals surface area contributed by atoms with Gasteiger partial charge >= 0.3 is 0 Å². The van der Waals surface area contributed by atoms with Crippen LogP contribution in [0.1, 0.15) is 0 Å². The molecule has 0 aliphatic carbocycles. The highest BCUT2D eigenvalue weighted by molar-refractivity contribution is 5.87. The lowest BCUT2D eigenvalue weighted by molar-refractivity contribution is 0.158. The third-order valence-electron chi connectivity index (χ3n) is 1.68. The summed E-state index contributed by atoms with van der Waals surface area (Å²) in [6.45, 7) is 0. The van der Waals surface area contributed by atoms with E-state index in [9.17, 15) is 5.11 Å². The van der Waals surface area contributed by atoms with Gasteiger partial charge in [-0.25, -0.2) is 0 Å². The Labute approximate surface area is 63.1 Å². The van der Waals surface area contributed by atoms with E-state index >= 15 is 0 Å². The van der Waals surface area contributed by atoms with E-state index in [1.807, 2.05) is 18.2 Å². The van der Waals surface area contributed by atoms with Crippen molar-refractivity contribution in [3.63, 3.8) is 0 Å². The van der Waals surface area contributed by atoms with E-state index in [4.69, 9.17) is 5.21 Å². The van der Waals surface area contributed by atoms with E-state index in [2.05, 4.69) is 0 Å². The van der Waals surface area contributed by atoms with Crippen molar-refractivity contribution in [1.29, 1.82) is 0 Å². The maximum atomic E-state index is 9.21. The van der Waals surface area contributed by atoms with Gasteiger partial charge in [-0.3, -0.25) is 0 Å². The van der Waals surface area contributed by atoms with Crippen molar-refractivity contribution in [1.82, 2.24) is 4.73 Å². The summed E-state index contributed by atoms with van der Waals surface area (Å²) in [6.07, 6.45) is 1.46. The Morgan fingerprint density at radius 3 is 2.64 bits per heavy atom. The maximum absolute atomic E-state index is 9.21. The largest absolute Gasteiger partial charge is 0.492 e. The average molecular weight is 149 g/mol. The molecule has 0 radical (unpaired) electrons. The van der Waals surface area contributed by atoms with Gasteiger partial charge in [0.25, 0.3) is 0 Å². The van der Waals surface area contributed by atoms with Gasteiger partial charge in [0, 0.05) is 10.8 Å². The van der Waals surface area contributed by atoms with Crippen molar-refractivity contribution in [2.24, 2.45) is 0 Å². The zero-order chi connectivity index (χ0) is 7.84. The van der Waals surface area contributed by atoms with Crippen molar-refractivity contribution >= 4 is 10.8 Å². The Balaban J connectivity index is 2.92. The van der Waals surface area contributed by atoms with Crippen LogP contribution in [-0.2, 0) is 0 Å². The van der Waals surface area contributed by atoms with Crippen LogP contribution in [0, 0.1) is 0 Å². The van der Waals surface area contributed by atoms with E-state index in [1.54, 1.807) is 6.07 Å². The minimum atomic E-state index is -0.111. The second-order valence-corrected chi connectivity index (χ2v) is 2.38. The lowest BCUT2D eigenvalue weighted by Crippen LogP contribution is -1.82. The molecular formula is C8H7NO2. The van der Waals surface area contributed by atoms with Gasteiger partial charge < -0.3 is 10.3 Å². The molecule has 3 heteroatoms. The van der Waals surface area contributed by atoms with Gasteiger partial charge in [0.2, 0.25) is 5.88 Å². The zero-order valence-corrected chi connectivity index (χ0v) is 5.73. The highest BCUT2D eigenvalue weighted by atomic mass is 16.5. The van der Waals surface area contributed by atoms with E-state index in [-0.39, 0.29) is 5.88 Å². The first-order valence-electron chi connectivity index (χ1n) is 3.27. The number of benzene rings is 1. The van der Waals surface area contributed by atoms with Gasteiger partial charge in [0.1, 0.15) is 0 Å². The van der Waals surface area contributed by atoms with Gasteiger partial charge in [-0.2, -0.15) is 4.73 Å². The summed E-state index contributed by atoms with van der Waals surface area (Å²) in [5, 5.41) is 19.7. The molecule has 56 valence electrons. The molecule has 0 fully saturated rings. The molecule has 0 aliphatic rings. The van der Waals surface area contributed by atoms with Gasteiger partial charge in [0.15, 0.2) is 0 Å². The van der Waals surface area contributed by atoms with Crippen molar-refractivity contribution < 1.29 is 10.3 Å². The highest BCUT2D eigenvalue weighted by Gasteiger charge is 2.04. The molecule has 0 saturated carbocycles. The fourth-order valence-electron chi connectivity index (χ4n) is 1.13. The van der Waals surface area contributed by atoms with Gasteiger partial charge in [-0.15, -0.1) is 0 Å².